The normalized spacial score (nSPS) is 16.2. The lowest BCUT2D eigenvalue weighted by Crippen LogP contribution is -2.13. The Hall–Kier alpha value is -2.52. The molecule has 1 aliphatic heterocycles. The van der Waals surface area contributed by atoms with Gasteiger partial charge >= 0.3 is 0 Å². The lowest BCUT2D eigenvalue weighted by Gasteiger charge is -2.06. The maximum atomic E-state index is 12.2. The van der Waals surface area contributed by atoms with E-state index in [1.807, 2.05) is 60.7 Å². The van der Waals surface area contributed by atoms with E-state index in [4.69, 9.17) is 16.0 Å². The lowest BCUT2D eigenvalue weighted by molar-refractivity contribution is -0.117. The van der Waals surface area contributed by atoms with Crippen LogP contribution >= 0.6 is 11.6 Å². The first-order valence-electron chi connectivity index (χ1n) is 7.45. The van der Waals surface area contributed by atoms with Crippen LogP contribution in [0.2, 0.25) is 5.02 Å². The molecule has 1 atom stereocenters. The molecule has 1 aromatic heterocycles. The zero-order valence-electron chi connectivity index (χ0n) is 12.3. The molecule has 0 saturated heterocycles. The Bertz CT molecular complexity index is 867. The van der Waals surface area contributed by atoms with Crippen LogP contribution in [0.1, 0.15) is 17.2 Å². The van der Waals surface area contributed by atoms with E-state index >= 15 is 0 Å². The number of nitrogens with one attached hydrogen (secondary N) is 1. The van der Waals surface area contributed by atoms with Gasteiger partial charge in [-0.2, -0.15) is 0 Å². The third kappa shape index (κ3) is 2.64. The van der Waals surface area contributed by atoms with Gasteiger partial charge in [0.15, 0.2) is 0 Å². The van der Waals surface area contributed by atoms with Crippen molar-refractivity contribution in [2.24, 2.45) is 0 Å². The molecule has 3 aromatic rings. The summed E-state index contributed by atoms with van der Waals surface area (Å²) in [7, 11) is 0. The summed E-state index contributed by atoms with van der Waals surface area (Å²) in [6.07, 6.45) is 0.552. The highest BCUT2D eigenvalue weighted by Crippen LogP contribution is 2.35. The summed E-state index contributed by atoms with van der Waals surface area (Å²) in [5.74, 6) is 1.40. The standard InChI is InChI=1S/C19H14ClNO2/c20-13-7-5-12(6-8-13)18-10-9-14(23-18)11-16-15-3-1-2-4-17(15)21-19(16)22/h1-10,16H,11H2,(H,21,22). The van der Waals surface area contributed by atoms with Crippen molar-refractivity contribution in [3.05, 3.63) is 77.0 Å². The highest BCUT2D eigenvalue weighted by Gasteiger charge is 2.31. The monoisotopic (exact) mass is 323 g/mol. The molecule has 0 spiro atoms. The van der Waals surface area contributed by atoms with Crippen molar-refractivity contribution < 1.29 is 9.21 Å². The summed E-state index contributed by atoms with van der Waals surface area (Å²) in [5, 5.41) is 3.61. The van der Waals surface area contributed by atoms with Gasteiger partial charge in [-0.1, -0.05) is 29.8 Å². The number of rotatable bonds is 3. The summed E-state index contributed by atoms with van der Waals surface area (Å²) >= 11 is 5.91. The van der Waals surface area contributed by atoms with Crippen LogP contribution in [-0.2, 0) is 11.2 Å². The van der Waals surface area contributed by atoms with Crippen LogP contribution < -0.4 is 5.32 Å². The van der Waals surface area contributed by atoms with Gasteiger partial charge in [0.25, 0.3) is 0 Å². The molecule has 0 radical (unpaired) electrons. The van der Waals surface area contributed by atoms with Crippen molar-refractivity contribution >= 4 is 23.2 Å². The minimum absolute atomic E-state index is 0.0237. The quantitative estimate of drug-likeness (QED) is 0.746. The van der Waals surface area contributed by atoms with Crippen LogP contribution in [0.5, 0.6) is 0 Å². The number of benzene rings is 2. The Kier molecular flexibility index (Phi) is 3.43. The largest absolute Gasteiger partial charge is 0.461 e. The van der Waals surface area contributed by atoms with Gasteiger partial charge in [-0.25, -0.2) is 0 Å². The van der Waals surface area contributed by atoms with E-state index < -0.39 is 0 Å². The molecular weight excluding hydrogens is 310 g/mol. The highest BCUT2D eigenvalue weighted by atomic mass is 35.5. The van der Waals surface area contributed by atoms with E-state index in [0.717, 1.165) is 28.3 Å². The van der Waals surface area contributed by atoms with Gasteiger partial charge in [0, 0.05) is 22.7 Å². The van der Waals surface area contributed by atoms with Crippen LogP contribution in [-0.4, -0.2) is 5.91 Å². The van der Waals surface area contributed by atoms with E-state index in [2.05, 4.69) is 5.32 Å². The van der Waals surface area contributed by atoms with E-state index in [-0.39, 0.29) is 11.8 Å². The number of anilines is 1. The summed E-state index contributed by atoms with van der Waals surface area (Å²) in [6.45, 7) is 0. The number of carbonyl (C=O) groups is 1. The second-order valence-electron chi connectivity index (χ2n) is 5.61. The number of para-hydroxylation sites is 1. The average molecular weight is 324 g/mol. The fourth-order valence-electron chi connectivity index (χ4n) is 2.94. The second kappa shape index (κ2) is 5.60. The third-order valence-electron chi connectivity index (χ3n) is 4.11. The summed E-state index contributed by atoms with van der Waals surface area (Å²) in [5.41, 5.74) is 2.89. The number of fused-ring (bicyclic) bond motifs is 1. The van der Waals surface area contributed by atoms with Gasteiger partial charge in [-0.3, -0.25) is 4.79 Å². The molecule has 0 fully saturated rings. The number of furan rings is 1. The number of halogens is 1. The molecule has 114 valence electrons. The molecular formula is C19H14ClNO2. The first kappa shape index (κ1) is 14.1. The molecule has 3 nitrogen and oxygen atoms in total. The minimum Gasteiger partial charge on any atom is -0.461 e. The summed E-state index contributed by atoms with van der Waals surface area (Å²) in [6, 6.07) is 19.1. The van der Waals surface area contributed by atoms with E-state index in [1.165, 1.54) is 0 Å². The average Bonchev–Trinajstić information content (AvgIpc) is 3.14. The lowest BCUT2D eigenvalue weighted by atomic mass is 9.96. The maximum Gasteiger partial charge on any atom is 0.232 e. The van der Waals surface area contributed by atoms with Crippen LogP contribution in [0.15, 0.2) is 65.1 Å². The number of carbonyl (C=O) groups excluding carboxylic acids is 1. The molecule has 0 bridgehead atoms. The predicted molar refractivity (Wildman–Crippen MR) is 90.7 cm³/mol. The number of amides is 1. The smallest absolute Gasteiger partial charge is 0.232 e. The summed E-state index contributed by atoms with van der Waals surface area (Å²) < 4.78 is 5.91. The molecule has 0 aliphatic carbocycles. The molecule has 2 heterocycles. The van der Waals surface area contributed by atoms with Crippen LogP contribution in [0, 0.1) is 0 Å². The number of hydrogen-bond donors (Lipinski definition) is 1. The Morgan fingerprint density at radius 2 is 1.78 bits per heavy atom. The molecule has 1 aliphatic rings. The van der Waals surface area contributed by atoms with Gasteiger partial charge < -0.3 is 9.73 Å². The maximum absolute atomic E-state index is 12.2. The van der Waals surface area contributed by atoms with Gasteiger partial charge in [0.2, 0.25) is 5.91 Å². The van der Waals surface area contributed by atoms with Gasteiger partial charge in [0.05, 0.1) is 5.92 Å². The third-order valence-corrected chi connectivity index (χ3v) is 4.36. The first-order chi connectivity index (χ1) is 11.2. The minimum atomic E-state index is -0.199. The van der Waals surface area contributed by atoms with Crippen molar-refractivity contribution in [1.29, 1.82) is 0 Å². The van der Waals surface area contributed by atoms with E-state index in [9.17, 15) is 4.79 Å². The fourth-order valence-corrected chi connectivity index (χ4v) is 3.06. The Balaban J connectivity index is 1.59. The molecule has 4 rings (SSSR count). The van der Waals surface area contributed by atoms with Crippen LogP contribution in [0.25, 0.3) is 11.3 Å². The van der Waals surface area contributed by atoms with Gasteiger partial charge in [0.1, 0.15) is 11.5 Å². The van der Waals surface area contributed by atoms with Crippen molar-refractivity contribution in [3.63, 3.8) is 0 Å². The SMILES string of the molecule is O=C1Nc2ccccc2C1Cc1ccc(-c2ccc(Cl)cc2)o1. The topological polar surface area (TPSA) is 42.2 Å². The Labute approximate surface area is 138 Å². The first-order valence-corrected chi connectivity index (χ1v) is 7.83. The van der Waals surface area contributed by atoms with Crippen LogP contribution in [0.3, 0.4) is 0 Å². The zero-order valence-corrected chi connectivity index (χ0v) is 13.0. The highest BCUT2D eigenvalue weighted by molar-refractivity contribution is 6.30. The Morgan fingerprint density at radius 1 is 1.00 bits per heavy atom. The zero-order chi connectivity index (χ0) is 15.8. The van der Waals surface area contributed by atoms with Crippen molar-refractivity contribution in [1.82, 2.24) is 0 Å². The number of hydrogen-bond acceptors (Lipinski definition) is 2. The predicted octanol–water partition coefficient (Wildman–Crippen LogP) is 4.88. The van der Waals surface area contributed by atoms with Crippen molar-refractivity contribution in [2.75, 3.05) is 5.32 Å². The fraction of sp³-hybridized carbons (Fsp3) is 0.105. The van der Waals surface area contributed by atoms with E-state index in [0.29, 0.717) is 11.4 Å². The molecule has 1 unspecified atom stereocenters. The van der Waals surface area contributed by atoms with Gasteiger partial charge in [-0.05, 0) is 48.0 Å². The molecule has 2 aromatic carbocycles. The summed E-state index contributed by atoms with van der Waals surface area (Å²) in [4.78, 5) is 12.2. The van der Waals surface area contributed by atoms with E-state index in [1.54, 1.807) is 0 Å². The van der Waals surface area contributed by atoms with Crippen molar-refractivity contribution in [3.8, 4) is 11.3 Å². The van der Waals surface area contributed by atoms with Gasteiger partial charge in [-0.15, -0.1) is 0 Å². The molecule has 4 heteroatoms. The van der Waals surface area contributed by atoms with Crippen LogP contribution in [0.4, 0.5) is 5.69 Å². The molecule has 23 heavy (non-hydrogen) atoms. The molecule has 0 saturated carbocycles. The van der Waals surface area contributed by atoms with Crippen molar-refractivity contribution in [2.45, 2.75) is 12.3 Å². The molecule has 1 N–H and O–H groups in total. The Morgan fingerprint density at radius 3 is 2.61 bits per heavy atom. The second-order valence-corrected chi connectivity index (χ2v) is 6.04. The molecule has 1 amide bonds.